The van der Waals surface area contributed by atoms with Crippen molar-refractivity contribution in [1.29, 1.82) is 0 Å². The maximum absolute atomic E-state index is 13.3. The number of hydrogen-bond acceptors (Lipinski definition) is 4. The lowest BCUT2D eigenvalue weighted by Gasteiger charge is -2.32. The molecule has 29 heavy (non-hydrogen) atoms. The summed E-state index contributed by atoms with van der Waals surface area (Å²) in [5.41, 5.74) is 2.13. The van der Waals surface area contributed by atoms with Crippen LogP contribution in [0.1, 0.15) is 40.4 Å². The normalized spacial score (nSPS) is 29.6. The highest BCUT2D eigenvalue weighted by molar-refractivity contribution is 5.96. The quantitative estimate of drug-likeness (QED) is 0.791. The Kier molecular flexibility index (Phi) is 3.56. The van der Waals surface area contributed by atoms with Crippen molar-refractivity contribution in [3.63, 3.8) is 0 Å². The predicted octanol–water partition coefficient (Wildman–Crippen LogP) is 2.54. The van der Waals surface area contributed by atoms with Gasteiger partial charge in [-0.15, -0.1) is 0 Å². The van der Waals surface area contributed by atoms with E-state index < -0.39 is 5.72 Å². The molecule has 0 saturated carbocycles. The van der Waals surface area contributed by atoms with Crippen molar-refractivity contribution in [3.05, 3.63) is 65.2 Å². The van der Waals surface area contributed by atoms with E-state index in [1.54, 1.807) is 0 Å². The minimum atomic E-state index is -0.687. The topological polar surface area (TPSA) is 59.1 Å². The molecule has 3 atom stereocenters. The van der Waals surface area contributed by atoms with Crippen LogP contribution in [0.4, 0.5) is 0 Å². The smallest absolute Gasteiger partial charge is 0.254 e. The van der Waals surface area contributed by atoms with Gasteiger partial charge in [0.2, 0.25) is 5.91 Å². The van der Waals surface area contributed by atoms with Crippen LogP contribution in [0, 0.1) is 0 Å². The van der Waals surface area contributed by atoms with Gasteiger partial charge in [-0.05, 0) is 29.3 Å². The van der Waals surface area contributed by atoms with Crippen molar-refractivity contribution in [2.24, 2.45) is 0 Å². The van der Waals surface area contributed by atoms with Gasteiger partial charge in [0.15, 0.2) is 5.72 Å². The van der Waals surface area contributed by atoms with E-state index >= 15 is 0 Å². The maximum Gasteiger partial charge on any atom is 0.254 e. The lowest BCUT2D eigenvalue weighted by Crippen LogP contribution is -2.48. The summed E-state index contributed by atoms with van der Waals surface area (Å²) in [5, 5.41) is 0. The SMILES string of the molecule is O=C(c1ccc2c(c1)CCO2)N1CC[C@@]23O[C@@H](c4ccccc4)CN2C(=O)C[C@@H]13. The van der Waals surface area contributed by atoms with E-state index in [4.69, 9.17) is 9.47 Å². The number of benzene rings is 2. The number of nitrogens with zero attached hydrogens (tertiary/aromatic N) is 2. The zero-order valence-electron chi connectivity index (χ0n) is 16.0. The molecule has 4 aliphatic rings. The third-order valence-electron chi connectivity index (χ3n) is 6.80. The van der Waals surface area contributed by atoms with Gasteiger partial charge < -0.3 is 19.3 Å². The summed E-state index contributed by atoms with van der Waals surface area (Å²) in [6.45, 7) is 1.82. The second-order valence-corrected chi connectivity index (χ2v) is 8.26. The molecule has 148 valence electrons. The molecule has 0 bridgehead atoms. The van der Waals surface area contributed by atoms with E-state index in [0.717, 1.165) is 23.3 Å². The average molecular weight is 390 g/mol. The van der Waals surface area contributed by atoms with E-state index in [1.807, 2.05) is 58.3 Å². The molecule has 3 fully saturated rings. The Morgan fingerprint density at radius 3 is 2.86 bits per heavy atom. The Morgan fingerprint density at radius 2 is 2.00 bits per heavy atom. The molecule has 0 N–H and O–H groups in total. The Bertz CT molecular complexity index is 1010. The summed E-state index contributed by atoms with van der Waals surface area (Å²) in [5.74, 6) is 0.919. The number of rotatable bonds is 2. The standard InChI is InChI=1S/C23H22N2O4/c26-21-13-20-23(25(21)14-19(29-23)15-4-2-1-3-5-15)9-10-24(20)22(27)17-6-7-18-16(12-17)8-11-28-18/h1-7,12,19-20H,8-11,13-14H2/t19-,20-,23+/m1/s1. The van der Waals surface area contributed by atoms with Crippen LogP contribution in [0.3, 0.4) is 0 Å². The van der Waals surface area contributed by atoms with Gasteiger partial charge in [0.25, 0.3) is 5.91 Å². The third kappa shape index (κ3) is 2.38. The second-order valence-electron chi connectivity index (χ2n) is 8.26. The Morgan fingerprint density at radius 1 is 1.14 bits per heavy atom. The number of likely N-dealkylation sites (tertiary alicyclic amines) is 1. The molecular weight excluding hydrogens is 368 g/mol. The van der Waals surface area contributed by atoms with Crippen LogP contribution in [-0.2, 0) is 16.0 Å². The summed E-state index contributed by atoms with van der Waals surface area (Å²) in [6.07, 6.45) is 1.68. The van der Waals surface area contributed by atoms with Crippen molar-refractivity contribution < 1.29 is 19.1 Å². The first kappa shape index (κ1) is 17.0. The van der Waals surface area contributed by atoms with Gasteiger partial charge in [0, 0.05) is 24.9 Å². The molecule has 0 aliphatic carbocycles. The number of hydrogen-bond donors (Lipinski definition) is 0. The zero-order chi connectivity index (χ0) is 19.6. The van der Waals surface area contributed by atoms with Crippen LogP contribution in [0.5, 0.6) is 5.75 Å². The molecular formula is C23H22N2O4. The van der Waals surface area contributed by atoms with Gasteiger partial charge in [-0.1, -0.05) is 30.3 Å². The molecule has 2 aromatic carbocycles. The zero-order valence-corrected chi connectivity index (χ0v) is 16.0. The van der Waals surface area contributed by atoms with Crippen molar-refractivity contribution in [2.75, 3.05) is 19.7 Å². The molecule has 3 saturated heterocycles. The fourth-order valence-corrected chi connectivity index (χ4v) is 5.39. The first-order valence-corrected chi connectivity index (χ1v) is 10.3. The predicted molar refractivity (Wildman–Crippen MR) is 104 cm³/mol. The fourth-order valence-electron chi connectivity index (χ4n) is 5.39. The first-order valence-electron chi connectivity index (χ1n) is 10.3. The maximum atomic E-state index is 13.3. The van der Waals surface area contributed by atoms with E-state index in [2.05, 4.69) is 0 Å². The largest absolute Gasteiger partial charge is 0.493 e. The highest BCUT2D eigenvalue weighted by Crippen LogP contribution is 2.50. The molecule has 6 nitrogen and oxygen atoms in total. The van der Waals surface area contributed by atoms with Gasteiger partial charge in [-0.2, -0.15) is 0 Å². The molecule has 6 rings (SSSR count). The third-order valence-corrected chi connectivity index (χ3v) is 6.80. The van der Waals surface area contributed by atoms with Crippen LogP contribution in [-0.4, -0.2) is 53.1 Å². The van der Waals surface area contributed by atoms with Crippen molar-refractivity contribution in [1.82, 2.24) is 9.80 Å². The van der Waals surface area contributed by atoms with Gasteiger partial charge in [0.05, 0.1) is 25.6 Å². The second kappa shape index (κ2) is 6.07. The molecule has 2 aromatic rings. The van der Waals surface area contributed by atoms with Gasteiger partial charge in [-0.3, -0.25) is 9.59 Å². The van der Waals surface area contributed by atoms with Crippen LogP contribution < -0.4 is 4.74 Å². The monoisotopic (exact) mass is 390 g/mol. The molecule has 0 aromatic heterocycles. The van der Waals surface area contributed by atoms with Crippen LogP contribution in [0.15, 0.2) is 48.5 Å². The van der Waals surface area contributed by atoms with Crippen molar-refractivity contribution >= 4 is 11.8 Å². The summed E-state index contributed by atoms with van der Waals surface area (Å²) in [7, 11) is 0. The number of carbonyl (C=O) groups is 2. The Balaban J connectivity index is 1.30. The summed E-state index contributed by atoms with van der Waals surface area (Å²) >= 11 is 0. The lowest BCUT2D eigenvalue weighted by molar-refractivity contribution is -0.138. The summed E-state index contributed by atoms with van der Waals surface area (Å²) in [6, 6.07) is 15.4. The highest BCUT2D eigenvalue weighted by Gasteiger charge is 2.65. The molecule has 4 heterocycles. The average Bonchev–Trinajstić information content (AvgIpc) is 3.49. The van der Waals surface area contributed by atoms with Crippen LogP contribution in [0.25, 0.3) is 0 Å². The molecule has 4 aliphatic heterocycles. The molecule has 1 spiro atoms. The lowest BCUT2D eigenvalue weighted by atomic mass is 10.0. The Labute approximate surface area is 169 Å². The fraction of sp³-hybridized carbons (Fsp3) is 0.391. The molecule has 6 heteroatoms. The minimum absolute atomic E-state index is 0.0250. The van der Waals surface area contributed by atoms with Crippen LogP contribution >= 0.6 is 0 Å². The summed E-state index contributed by atoms with van der Waals surface area (Å²) < 4.78 is 12.1. The number of amides is 2. The Hall–Kier alpha value is -2.86. The van der Waals surface area contributed by atoms with Crippen molar-refractivity contribution in [2.45, 2.75) is 37.1 Å². The minimum Gasteiger partial charge on any atom is -0.493 e. The first-order chi connectivity index (χ1) is 14.2. The van der Waals surface area contributed by atoms with Crippen LogP contribution in [0.2, 0.25) is 0 Å². The van der Waals surface area contributed by atoms with E-state index in [-0.39, 0.29) is 24.0 Å². The van der Waals surface area contributed by atoms with Gasteiger partial charge >= 0.3 is 0 Å². The molecule has 0 unspecified atom stereocenters. The number of fused-ring (bicyclic) bond motifs is 1. The highest BCUT2D eigenvalue weighted by atomic mass is 16.5. The van der Waals surface area contributed by atoms with Gasteiger partial charge in [-0.25, -0.2) is 0 Å². The van der Waals surface area contributed by atoms with E-state index in [9.17, 15) is 9.59 Å². The number of carbonyl (C=O) groups excluding carboxylic acids is 2. The van der Waals surface area contributed by atoms with Gasteiger partial charge in [0.1, 0.15) is 11.9 Å². The molecule has 0 radical (unpaired) electrons. The number of ether oxygens (including phenoxy) is 2. The molecule has 2 amide bonds. The van der Waals surface area contributed by atoms with E-state index in [1.165, 1.54) is 0 Å². The summed E-state index contributed by atoms with van der Waals surface area (Å²) in [4.78, 5) is 29.8. The van der Waals surface area contributed by atoms with E-state index in [0.29, 0.717) is 38.1 Å². The van der Waals surface area contributed by atoms with Crippen molar-refractivity contribution in [3.8, 4) is 5.75 Å².